The second-order valence-electron chi connectivity index (χ2n) is 4.70. The van der Waals surface area contributed by atoms with Crippen LogP contribution in [0.15, 0.2) is 21.7 Å². The van der Waals surface area contributed by atoms with Gasteiger partial charge in [0, 0.05) is 25.2 Å². The number of aliphatic carboxylic acids is 1. The molecule has 1 aromatic heterocycles. The Kier molecular flexibility index (Phi) is 5.56. The van der Waals surface area contributed by atoms with E-state index in [2.05, 4.69) is 27.1 Å². The van der Waals surface area contributed by atoms with Crippen molar-refractivity contribution < 1.29 is 9.90 Å². The Bertz CT molecular complexity index is 677. The number of carbonyl (C=O) groups is 1. The van der Waals surface area contributed by atoms with Crippen molar-refractivity contribution in [2.24, 2.45) is 5.10 Å². The molecule has 0 atom stereocenters. The van der Waals surface area contributed by atoms with Crippen LogP contribution in [0.2, 0.25) is 0 Å². The molecule has 0 saturated heterocycles. The van der Waals surface area contributed by atoms with E-state index in [-0.39, 0.29) is 28.9 Å². The lowest BCUT2D eigenvalue weighted by molar-refractivity contribution is -0.132. The van der Waals surface area contributed by atoms with Crippen LogP contribution in [0.3, 0.4) is 0 Å². The molecule has 0 aliphatic carbocycles. The topological polar surface area (TPSA) is 135 Å². The van der Waals surface area contributed by atoms with E-state index in [4.69, 9.17) is 10.5 Å². The molecule has 0 spiro atoms. The van der Waals surface area contributed by atoms with Crippen molar-refractivity contribution in [3.05, 3.63) is 27.8 Å². The second kappa shape index (κ2) is 7.16. The number of nitrogens with one attached hydrogen (secondary N) is 3. The number of nitrogens with zero attached hydrogens (tertiary/aromatic N) is 3. The van der Waals surface area contributed by atoms with E-state index in [0.717, 1.165) is 17.4 Å². The van der Waals surface area contributed by atoms with Crippen LogP contribution in [-0.2, 0) is 4.79 Å². The van der Waals surface area contributed by atoms with E-state index in [9.17, 15) is 9.59 Å². The van der Waals surface area contributed by atoms with Crippen molar-refractivity contribution in [1.29, 1.82) is 5.41 Å². The minimum Gasteiger partial charge on any atom is -0.478 e. The molecular formula is C13H18N6O3. The molecule has 0 aliphatic rings. The smallest absolute Gasteiger partial charge is 0.332 e. The molecule has 0 amide bonds. The zero-order valence-corrected chi connectivity index (χ0v) is 12.5. The molecule has 0 fully saturated rings. The van der Waals surface area contributed by atoms with Crippen molar-refractivity contribution in [2.45, 2.75) is 26.8 Å². The second-order valence-corrected chi connectivity index (χ2v) is 4.70. The summed E-state index contributed by atoms with van der Waals surface area (Å²) >= 11 is 0. The van der Waals surface area contributed by atoms with Gasteiger partial charge in [0.2, 0.25) is 5.95 Å². The van der Waals surface area contributed by atoms with Gasteiger partial charge in [-0.05, 0) is 20.8 Å². The fourth-order valence-electron chi connectivity index (χ4n) is 1.53. The van der Waals surface area contributed by atoms with E-state index in [1.54, 1.807) is 0 Å². The highest BCUT2D eigenvalue weighted by Crippen LogP contribution is 2.13. The molecule has 4 N–H and O–H groups in total. The highest BCUT2D eigenvalue weighted by Gasteiger charge is 2.14. The molecule has 0 aromatic carbocycles. The lowest BCUT2D eigenvalue weighted by atomic mass is 10.3. The molecule has 1 aromatic rings. The lowest BCUT2D eigenvalue weighted by Crippen LogP contribution is -2.25. The largest absolute Gasteiger partial charge is 0.478 e. The zero-order chi connectivity index (χ0) is 16.9. The molecule has 1 rings (SSSR count). The minimum absolute atomic E-state index is 0.0177. The Labute approximate surface area is 126 Å². The molecule has 9 heteroatoms. The SMILES string of the molecule is C=NN(/C=C(\C)C(=O)O)c1nc(C=N)c(NC(C)C)c(=O)[nH]1. The van der Waals surface area contributed by atoms with Gasteiger partial charge in [-0.25, -0.2) is 14.8 Å². The van der Waals surface area contributed by atoms with Crippen molar-refractivity contribution >= 4 is 30.5 Å². The van der Waals surface area contributed by atoms with E-state index in [0.29, 0.717) is 0 Å². The number of carboxylic acid groups (broad SMARTS) is 1. The molecule has 1 heterocycles. The van der Waals surface area contributed by atoms with Gasteiger partial charge < -0.3 is 15.8 Å². The third-order valence-corrected chi connectivity index (χ3v) is 2.53. The Hall–Kier alpha value is -2.97. The highest BCUT2D eigenvalue weighted by molar-refractivity contribution is 5.86. The van der Waals surface area contributed by atoms with Gasteiger partial charge >= 0.3 is 5.97 Å². The monoisotopic (exact) mass is 306 g/mol. The molecular weight excluding hydrogens is 288 g/mol. The lowest BCUT2D eigenvalue weighted by Gasteiger charge is -2.16. The van der Waals surface area contributed by atoms with Gasteiger partial charge in [0.1, 0.15) is 11.4 Å². The normalized spacial score (nSPS) is 11.2. The Morgan fingerprint density at radius 2 is 2.23 bits per heavy atom. The predicted molar refractivity (Wildman–Crippen MR) is 84.9 cm³/mol. The average Bonchev–Trinajstić information content (AvgIpc) is 2.45. The van der Waals surface area contributed by atoms with Crippen LogP contribution >= 0.6 is 0 Å². The number of hydrogen-bond donors (Lipinski definition) is 4. The number of rotatable bonds is 7. The first-order valence-electron chi connectivity index (χ1n) is 6.39. The number of aromatic nitrogens is 2. The molecule has 118 valence electrons. The zero-order valence-electron chi connectivity index (χ0n) is 12.5. The quantitative estimate of drug-likeness (QED) is 0.337. The van der Waals surface area contributed by atoms with Gasteiger partial charge in [-0.2, -0.15) is 5.10 Å². The summed E-state index contributed by atoms with van der Waals surface area (Å²) in [6, 6.07) is -0.0183. The van der Waals surface area contributed by atoms with E-state index in [1.165, 1.54) is 6.92 Å². The summed E-state index contributed by atoms with van der Waals surface area (Å²) in [7, 11) is 0. The fraction of sp³-hybridized carbons (Fsp3) is 0.308. The van der Waals surface area contributed by atoms with Crippen molar-refractivity contribution in [2.75, 3.05) is 10.3 Å². The third kappa shape index (κ3) is 4.01. The number of hydrogen-bond acceptors (Lipinski definition) is 7. The van der Waals surface area contributed by atoms with Gasteiger partial charge in [0.05, 0.1) is 5.57 Å². The number of aromatic amines is 1. The fourth-order valence-corrected chi connectivity index (χ4v) is 1.53. The van der Waals surface area contributed by atoms with Crippen molar-refractivity contribution in [1.82, 2.24) is 9.97 Å². The van der Waals surface area contributed by atoms with E-state index < -0.39 is 11.5 Å². The summed E-state index contributed by atoms with van der Waals surface area (Å²) in [5.41, 5.74) is -0.234. The number of anilines is 2. The minimum atomic E-state index is -1.14. The summed E-state index contributed by atoms with van der Waals surface area (Å²) in [5.74, 6) is -1.17. The van der Waals surface area contributed by atoms with E-state index in [1.807, 2.05) is 13.8 Å². The Morgan fingerprint density at radius 3 is 2.68 bits per heavy atom. The molecule has 22 heavy (non-hydrogen) atoms. The van der Waals surface area contributed by atoms with Crippen LogP contribution in [-0.4, -0.2) is 40.0 Å². The summed E-state index contributed by atoms with van der Waals surface area (Å²) in [6.07, 6.45) is 2.09. The van der Waals surface area contributed by atoms with Gasteiger partial charge in [-0.3, -0.25) is 9.78 Å². The van der Waals surface area contributed by atoms with Gasteiger partial charge in [0.15, 0.2) is 0 Å². The number of hydrazone groups is 1. The van der Waals surface area contributed by atoms with Gasteiger partial charge in [-0.15, -0.1) is 0 Å². The molecule has 9 nitrogen and oxygen atoms in total. The van der Waals surface area contributed by atoms with Crippen LogP contribution < -0.4 is 15.9 Å². The molecule has 0 unspecified atom stereocenters. The van der Waals surface area contributed by atoms with Crippen LogP contribution in [0.25, 0.3) is 0 Å². The number of carboxylic acids is 1. The van der Waals surface area contributed by atoms with Gasteiger partial charge in [0.25, 0.3) is 5.56 Å². The summed E-state index contributed by atoms with van der Waals surface area (Å²) < 4.78 is 0. The first kappa shape index (κ1) is 17.1. The van der Waals surface area contributed by atoms with Crippen LogP contribution in [0.1, 0.15) is 26.5 Å². The molecule has 0 saturated carbocycles. The standard InChI is InChI=1S/C13H18N6O3/c1-7(2)16-10-9(5-14)17-13(18-11(10)20)19(15-4)6-8(3)12(21)22/h5-7,14,16H,4H2,1-3H3,(H,21,22)(H,17,18,20)/b8-6+,14-5?. The maximum atomic E-state index is 12.1. The number of H-pyrrole nitrogens is 1. The summed E-state index contributed by atoms with van der Waals surface area (Å²) in [4.78, 5) is 29.5. The molecule has 0 aliphatic heterocycles. The van der Waals surface area contributed by atoms with Crippen LogP contribution in [0.5, 0.6) is 0 Å². The predicted octanol–water partition coefficient (Wildman–Crippen LogP) is 0.998. The molecule has 0 bridgehead atoms. The van der Waals surface area contributed by atoms with Crippen LogP contribution in [0.4, 0.5) is 11.6 Å². The average molecular weight is 306 g/mol. The van der Waals surface area contributed by atoms with Crippen molar-refractivity contribution in [3.8, 4) is 0 Å². The molecule has 0 radical (unpaired) electrons. The highest BCUT2D eigenvalue weighted by atomic mass is 16.4. The third-order valence-electron chi connectivity index (χ3n) is 2.53. The van der Waals surface area contributed by atoms with Gasteiger partial charge in [-0.1, -0.05) is 0 Å². The first-order chi connectivity index (χ1) is 10.3. The Morgan fingerprint density at radius 1 is 1.59 bits per heavy atom. The maximum Gasteiger partial charge on any atom is 0.332 e. The summed E-state index contributed by atoms with van der Waals surface area (Å²) in [5, 5.41) is 23.8. The van der Waals surface area contributed by atoms with E-state index >= 15 is 0 Å². The Balaban J connectivity index is 3.37. The maximum absolute atomic E-state index is 12.1. The summed E-state index contributed by atoms with van der Waals surface area (Å²) in [6.45, 7) is 8.37. The van der Waals surface area contributed by atoms with Crippen LogP contribution in [0, 0.1) is 5.41 Å². The first-order valence-corrected chi connectivity index (χ1v) is 6.39. The van der Waals surface area contributed by atoms with Crippen molar-refractivity contribution in [3.63, 3.8) is 0 Å².